The van der Waals surface area contributed by atoms with Crippen molar-refractivity contribution in [3.8, 4) is 0 Å². The molecule has 2 heterocycles. The van der Waals surface area contributed by atoms with Gasteiger partial charge in [0, 0.05) is 13.1 Å². The number of rotatable bonds is 5. The first-order valence-corrected chi connectivity index (χ1v) is 10.4. The van der Waals surface area contributed by atoms with Crippen molar-refractivity contribution in [3.05, 3.63) is 36.2 Å². The van der Waals surface area contributed by atoms with Crippen LogP contribution in [0.1, 0.15) is 12.8 Å². The lowest BCUT2D eigenvalue weighted by Gasteiger charge is -2.29. The Labute approximate surface area is 179 Å². The topological polar surface area (TPSA) is 101 Å². The summed E-state index contributed by atoms with van der Waals surface area (Å²) in [6.45, 7) is 2.36. The van der Waals surface area contributed by atoms with E-state index in [2.05, 4.69) is 5.32 Å². The largest absolute Gasteiger partial charge is 0.446 e. The molecule has 1 aliphatic carbocycles. The number of amides is 2. The summed E-state index contributed by atoms with van der Waals surface area (Å²) >= 11 is 0. The highest BCUT2D eigenvalue weighted by Crippen LogP contribution is 2.28. The summed E-state index contributed by atoms with van der Waals surface area (Å²) in [5, 5.41) is 12.1. The molecule has 1 aromatic rings. The molecule has 0 spiro atoms. The number of hydrogen-bond acceptors (Lipinski definition) is 7. The second-order valence-electron chi connectivity index (χ2n) is 7.73. The molecule has 0 unspecified atom stereocenters. The third-order valence-electron chi connectivity index (χ3n) is 5.51. The molecule has 3 atom stereocenters. The molecule has 1 aromatic carbocycles. The van der Waals surface area contributed by atoms with E-state index in [-0.39, 0.29) is 19.2 Å². The number of nitrogens with zero attached hydrogens (tertiary/aromatic N) is 2. The Morgan fingerprint density at radius 2 is 2.06 bits per heavy atom. The molecule has 2 N–H and O–H groups in total. The van der Waals surface area contributed by atoms with Crippen molar-refractivity contribution in [2.24, 2.45) is 0 Å². The summed E-state index contributed by atoms with van der Waals surface area (Å²) in [4.78, 5) is 27.4. The van der Waals surface area contributed by atoms with Gasteiger partial charge in [-0.25, -0.2) is 14.0 Å². The molecular formula is C21H26FN3O6. The number of benzene rings is 1. The molecule has 168 valence electrons. The number of cyclic esters (lactones) is 1. The smallest absolute Gasteiger partial charge is 0.414 e. The number of ether oxygens (including phenoxy) is 3. The van der Waals surface area contributed by atoms with Gasteiger partial charge in [0.25, 0.3) is 0 Å². The Morgan fingerprint density at radius 1 is 1.26 bits per heavy atom. The number of carbonyl (C=O) groups excluding carboxylic acids is 2. The van der Waals surface area contributed by atoms with Crippen molar-refractivity contribution in [1.82, 2.24) is 5.32 Å². The molecule has 10 heteroatoms. The van der Waals surface area contributed by atoms with Gasteiger partial charge in [0.05, 0.1) is 43.3 Å². The summed E-state index contributed by atoms with van der Waals surface area (Å²) in [6.07, 6.45) is 2.17. The molecule has 2 aliphatic heterocycles. The first kappa shape index (κ1) is 21.4. The number of aliphatic hydroxyl groups is 1. The Bertz CT molecular complexity index is 844. The number of nitrogens with one attached hydrogen (secondary N) is 1. The lowest BCUT2D eigenvalue weighted by atomic mass is 10.0. The van der Waals surface area contributed by atoms with E-state index in [4.69, 9.17) is 14.2 Å². The summed E-state index contributed by atoms with van der Waals surface area (Å²) in [5.74, 6) is -0.420. The fourth-order valence-electron chi connectivity index (χ4n) is 3.83. The van der Waals surface area contributed by atoms with Gasteiger partial charge in [-0.05, 0) is 31.0 Å². The summed E-state index contributed by atoms with van der Waals surface area (Å²) in [6, 6.07) is 4.43. The standard InChI is InChI=1S/C21H26FN3O6/c22-18-11-15(3-6-19(18)24-7-9-29-10-8-24)25-12-17(31-21(25)28)13-30-20(27)23-14-1-4-16(26)5-2-14/h1,3-4,6,11,14,16-17,26H,2,5,7-10,12-13H2,(H,23,27)/t14-,16+,17+/m0/s1. The zero-order chi connectivity index (χ0) is 21.8. The third-order valence-corrected chi connectivity index (χ3v) is 5.51. The number of hydrogen-bond donors (Lipinski definition) is 2. The molecule has 0 radical (unpaired) electrons. The lowest BCUT2D eigenvalue weighted by Crippen LogP contribution is -2.37. The molecule has 4 rings (SSSR count). The van der Waals surface area contributed by atoms with Crippen molar-refractivity contribution in [2.75, 3.05) is 49.3 Å². The summed E-state index contributed by atoms with van der Waals surface area (Å²) < 4.78 is 30.4. The fraction of sp³-hybridized carbons (Fsp3) is 0.524. The second-order valence-corrected chi connectivity index (χ2v) is 7.73. The first-order chi connectivity index (χ1) is 15.0. The Morgan fingerprint density at radius 3 is 2.77 bits per heavy atom. The van der Waals surface area contributed by atoms with Gasteiger partial charge in [-0.1, -0.05) is 12.2 Å². The van der Waals surface area contributed by atoms with Crippen LogP contribution in [0.25, 0.3) is 0 Å². The van der Waals surface area contributed by atoms with Gasteiger partial charge >= 0.3 is 12.2 Å². The van der Waals surface area contributed by atoms with Crippen LogP contribution in [0.2, 0.25) is 0 Å². The van der Waals surface area contributed by atoms with Crippen molar-refractivity contribution in [1.29, 1.82) is 0 Å². The third kappa shape index (κ3) is 5.26. The summed E-state index contributed by atoms with van der Waals surface area (Å²) in [5.41, 5.74) is 0.859. The van der Waals surface area contributed by atoms with Crippen LogP contribution < -0.4 is 15.1 Å². The first-order valence-electron chi connectivity index (χ1n) is 10.4. The Hall–Kier alpha value is -2.85. The van der Waals surface area contributed by atoms with E-state index in [1.807, 2.05) is 4.90 Å². The highest BCUT2D eigenvalue weighted by Gasteiger charge is 2.34. The number of morpholine rings is 1. The van der Waals surface area contributed by atoms with Crippen LogP contribution in [-0.4, -0.2) is 75.0 Å². The molecule has 0 bridgehead atoms. The quantitative estimate of drug-likeness (QED) is 0.680. The van der Waals surface area contributed by atoms with Gasteiger partial charge in [-0.3, -0.25) is 4.90 Å². The van der Waals surface area contributed by atoms with E-state index in [1.54, 1.807) is 24.3 Å². The van der Waals surface area contributed by atoms with Crippen molar-refractivity contribution >= 4 is 23.6 Å². The van der Waals surface area contributed by atoms with E-state index < -0.39 is 30.2 Å². The SMILES string of the molecule is O=C(N[C@H]1C=C[C@@H](O)CC1)OC[C@H]1CN(c2ccc(N3CCOCC3)c(F)c2)C(=O)O1. The number of aliphatic hydroxyl groups excluding tert-OH is 1. The molecule has 3 aliphatic rings. The van der Waals surface area contributed by atoms with Crippen molar-refractivity contribution in [3.63, 3.8) is 0 Å². The van der Waals surface area contributed by atoms with Gasteiger partial charge in [-0.15, -0.1) is 0 Å². The summed E-state index contributed by atoms with van der Waals surface area (Å²) in [7, 11) is 0. The molecule has 2 fully saturated rings. The minimum Gasteiger partial charge on any atom is -0.446 e. The van der Waals surface area contributed by atoms with Crippen LogP contribution >= 0.6 is 0 Å². The van der Waals surface area contributed by atoms with Gasteiger partial charge in [-0.2, -0.15) is 0 Å². The highest BCUT2D eigenvalue weighted by molar-refractivity contribution is 5.90. The molecule has 2 saturated heterocycles. The van der Waals surface area contributed by atoms with E-state index >= 15 is 0 Å². The minimum atomic E-state index is -0.649. The number of alkyl carbamates (subject to hydrolysis) is 1. The van der Waals surface area contributed by atoms with Gasteiger partial charge < -0.3 is 29.5 Å². The number of anilines is 2. The fourth-order valence-corrected chi connectivity index (χ4v) is 3.83. The van der Waals surface area contributed by atoms with Crippen LogP contribution in [0.3, 0.4) is 0 Å². The van der Waals surface area contributed by atoms with E-state index in [0.29, 0.717) is 50.5 Å². The Kier molecular flexibility index (Phi) is 6.57. The highest BCUT2D eigenvalue weighted by atomic mass is 19.1. The van der Waals surface area contributed by atoms with Crippen LogP contribution in [0.5, 0.6) is 0 Å². The van der Waals surface area contributed by atoms with Crippen LogP contribution in [0.4, 0.5) is 25.4 Å². The average Bonchev–Trinajstić information content (AvgIpc) is 3.15. The number of halogens is 1. The normalized spacial score (nSPS) is 26.0. The second kappa shape index (κ2) is 9.52. The molecular weight excluding hydrogens is 409 g/mol. The van der Waals surface area contributed by atoms with Crippen LogP contribution in [-0.2, 0) is 14.2 Å². The van der Waals surface area contributed by atoms with Gasteiger partial charge in [0.2, 0.25) is 0 Å². The van der Waals surface area contributed by atoms with Crippen molar-refractivity contribution in [2.45, 2.75) is 31.1 Å². The zero-order valence-electron chi connectivity index (χ0n) is 17.0. The molecule has 9 nitrogen and oxygen atoms in total. The maximum Gasteiger partial charge on any atom is 0.414 e. The predicted octanol–water partition coefficient (Wildman–Crippen LogP) is 1.79. The Balaban J connectivity index is 1.29. The molecule has 0 saturated carbocycles. The van der Waals surface area contributed by atoms with Crippen LogP contribution in [0, 0.1) is 5.82 Å². The minimum absolute atomic E-state index is 0.110. The molecule has 2 amide bonds. The van der Waals surface area contributed by atoms with Crippen molar-refractivity contribution < 1.29 is 33.3 Å². The maximum atomic E-state index is 14.7. The number of carbonyl (C=O) groups is 2. The lowest BCUT2D eigenvalue weighted by molar-refractivity contribution is 0.0722. The van der Waals surface area contributed by atoms with E-state index in [9.17, 15) is 19.1 Å². The molecule has 31 heavy (non-hydrogen) atoms. The van der Waals surface area contributed by atoms with Crippen LogP contribution in [0.15, 0.2) is 30.4 Å². The maximum absolute atomic E-state index is 14.7. The average molecular weight is 435 g/mol. The van der Waals surface area contributed by atoms with E-state index in [0.717, 1.165) is 0 Å². The monoisotopic (exact) mass is 435 g/mol. The van der Waals surface area contributed by atoms with Gasteiger partial charge in [0.15, 0.2) is 6.10 Å². The molecule has 0 aromatic heterocycles. The van der Waals surface area contributed by atoms with Gasteiger partial charge in [0.1, 0.15) is 12.4 Å². The van der Waals surface area contributed by atoms with E-state index in [1.165, 1.54) is 11.0 Å². The predicted molar refractivity (Wildman–Crippen MR) is 110 cm³/mol. The zero-order valence-corrected chi connectivity index (χ0v) is 17.0.